The molecule has 10 heteroatoms. The monoisotopic (exact) mass is 698 g/mol. The molecule has 46 heavy (non-hydrogen) atoms. The highest BCUT2D eigenvalue weighted by atomic mass is 79.9. The summed E-state index contributed by atoms with van der Waals surface area (Å²) in [6, 6.07) is 12.9. The number of carbonyl (C=O) groups excluding carboxylic acids is 1. The third-order valence-electron chi connectivity index (χ3n) is 7.38. The van der Waals surface area contributed by atoms with Gasteiger partial charge in [0.1, 0.15) is 34.4 Å². The molecule has 3 aromatic carbocycles. The maximum absolute atomic E-state index is 14.2. The quantitative estimate of drug-likeness (QED) is 0.0864. The Morgan fingerprint density at radius 2 is 1.46 bits per heavy atom. The summed E-state index contributed by atoms with van der Waals surface area (Å²) in [5.41, 5.74) is 0.438. The molecule has 7 nitrogen and oxygen atoms in total. The molecule has 1 heterocycles. The molecule has 246 valence electrons. The van der Waals surface area contributed by atoms with Crippen LogP contribution < -0.4 is 24.5 Å². The lowest BCUT2D eigenvalue weighted by molar-refractivity contribution is 0.0979. The summed E-state index contributed by atoms with van der Waals surface area (Å²) >= 11 is 3.46. The Balaban J connectivity index is 1.85. The first kappa shape index (κ1) is 34.9. The van der Waals surface area contributed by atoms with Crippen LogP contribution in [-0.4, -0.2) is 41.7 Å². The van der Waals surface area contributed by atoms with Crippen LogP contribution in [0, 0.1) is 11.6 Å². The van der Waals surface area contributed by atoms with Gasteiger partial charge in [0.25, 0.3) is 5.91 Å². The van der Waals surface area contributed by atoms with Crippen molar-refractivity contribution in [3.05, 3.63) is 88.2 Å². The van der Waals surface area contributed by atoms with E-state index in [2.05, 4.69) is 15.9 Å². The first-order valence-electron chi connectivity index (χ1n) is 15.8. The first-order valence-corrected chi connectivity index (χ1v) is 16.9. The number of nitrogens with zero attached hydrogens (tertiary/aromatic N) is 2. The molecule has 0 saturated heterocycles. The summed E-state index contributed by atoms with van der Waals surface area (Å²) in [5.74, 6) is -0.653. The summed E-state index contributed by atoms with van der Waals surface area (Å²) in [6.07, 6.45) is 6.88. The maximum atomic E-state index is 14.2. The van der Waals surface area contributed by atoms with Crippen LogP contribution in [-0.2, 0) is 0 Å². The molecular weight excluding hydrogens is 658 g/mol. The number of hydrogen-bond acceptors (Lipinski definition) is 5. The molecule has 0 N–H and O–H groups in total. The van der Waals surface area contributed by atoms with Crippen molar-refractivity contribution in [2.24, 2.45) is 0 Å². The Bertz CT molecular complexity index is 1660. The van der Waals surface area contributed by atoms with E-state index in [1.165, 1.54) is 17.5 Å². The highest BCUT2D eigenvalue weighted by molar-refractivity contribution is 9.09. The van der Waals surface area contributed by atoms with Crippen molar-refractivity contribution in [3.63, 3.8) is 0 Å². The Labute approximate surface area is 277 Å². The Hall–Kier alpha value is -3.92. The minimum absolute atomic E-state index is 0.0106. The smallest absolute Gasteiger partial charge is 0.264 e. The van der Waals surface area contributed by atoms with Crippen LogP contribution in [0.4, 0.5) is 14.5 Å². The highest BCUT2D eigenvalue weighted by Crippen LogP contribution is 2.30. The molecule has 0 aliphatic heterocycles. The molecule has 0 atom stereocenters. The highest BCUT2D eigenvalue weighted by Gasteiger charge is 2.26. The number of hydrogen-bond donors (Lipinski definition) is 0. The average molecular weight is 700 g/mol. The number of unbranched alkanes of at least 4 members (excludes halogenated alkanes) is 4. The fraction of sp³-hybridized carbons (Fsp3) is 0.389. The molecule has 0 spiro atoms. The minimum Gasteiger partial charge on any atom is -0.494 e. The Morgan fingerprint density at radius 1 is 0.826 bits per heavy atom. The third-order valence-corrected chi connectivity index (χ3v) is 7.94. The maximum Gasteiger partial charge on any atom is 0.264 e. The van der Waals surface area contributed by atoms with Crippen molar-refractivity contribution in [3.8, 4) is 22.9 Å². The van der Waals surface area contributed by atoms with Crippen LogP contribution in [0.5, 0.6) is 17.2 Å². The van der Waals surface area contributed by atoms with E-state index in [0.29, 0.717) is 48.3 Å². The lowest BCUT2D eigenvalue weighted by Gasteiger charge is -2.27. The molecule has 0 saturated carbocycles. The molecular formula is C36H41BrF2N2O5. The SMILES string of the molecule is CCOc1cc(OCC)cc(-n2cc(C(=O)N(c3cc(F)cc(F)c3)C(C)C)c(=O)c3ccc(OCCCCCCCBr)cc32)c1. The number of rotatable bonds is 16. The normalized spacial score (nSPS) is 11.2. The number of ether oxygens (including phenoxy) is 3. The summed E-state index contributed by atoms with van der Waals surface area (Å²) in [5, 5.41) is 1.29. The van der Waals surface area contributed by atoms with E-state index >= 15 is 0 Å². The van der Waals surface area contributed by atoms with Gasteiger partial charge in [0.15, 0.2) is 0 Å². The van der Waals surface area contributed by atoms with Crippen molar-refractivity contribution in [2.45, 2.75) is 65.8 Å². The second-order valence-electron chi connectivity index (χ2n) is 11.2. The predicted octanol–water partition coefficient (Wildman–Crippen LogP) is 8.85. The van der Waals surface area contributed by atoms with Crippen LogP contribution in [0.15, 0.2) is 65.6 Å². The standard InChI is InChI=1S/C36H41BrF2N2O5/c1-5-44-30-19-27(20-31(21-30)45-6-2)40-23-33(36(43)41(24(3)4)28-17-25(38)16-26(39)18-28)35(42)32-13-12-29(22-34(32)40)46-15-11-9-7-8-10-14-37/h12-13,16-24H,5-11,14-15H2,1-4H3. The number of pyridine rings is 1. The summed E-state index contributed by atoms with van der Waals surface area (Å²) in [7, 11) is 0. The molecule has 0 radical (unpaired) electrons. The molecule has 0 unspecified atom stereocenters. The van der Waals surface area contributed by atoms with E-state index in [9.17, 15) is 18.4 Å². The number of benzene rings is 3. The summed E-state index contributed by atoms with van der Waals surface area (Å²) in [6.45, 7) is 8.55. The largest absolute Gasteiger partial charge is 0.494 e. The van der Waals surface area contributed by atoms with Gasteiger partial charge >= 0.3 is 0 Å². The van der Waals surface area contributed by atoms with Gasteiger partial charge in [-0.05, 0) is 64.8 Å². The second kappa shape index (κ2) is 16.6. The number of anilines is 1. The fourth-order valence-corrected chi connectivity index (χ4v) is 5.73. The van der Waals surface area contributed by atoms with Crippen LogP contribution in [0.3, 0.4) is 0 Å². The number of alkyl halides is 1. The van der Waals surface area contributed by atoms with E-state index in [1.54, 1.807) is 54.8 Å². The van der Waals surface area contributed by atoms with Crippen molar-refractivity contribution in [2.75, 3.05) is 30.1 Å². The minimum atomic E-state index is -0.827. The van der Waals surface area contributed by atoms with Crippen LogP contribution in [0.25, 0.3) is 16.6 Å². The second-order valence-corrected chi connectivity index (χ2v) is 11.9. The number of aromatic nitrogens is 1. The lowest BCUT2D eigenvalue weighted by atomic mass is 10.1. The lowest BCUT2D eigenvalue weighted by Crippen LogP contribution is -2.40. The van der Waals surface area contributed by atoms with Crippen LogP contribution in [0.1, 0.15) is 70.2 Å². The predicted molar refractivity (Wildman–Crippen MR) is 183 cm³/mol. The van der Waals surface area contributed by atoms with Gasteiger partial charge in [0.05, 0.1) is 36.7 Å². The van der Waals surface area contributed by atoms with Crippen molar-refractivity contribution >= 4 is 38.4 Å². The van der Waals surface area contributed by atoms with Crippen molar-refractivity contribution in [1.29, 1.82) is 0 Å². The Morgan fingerprint density at radius 3 is 2.07 bits per heavy atom. The number of carbonyl (C=O) groups is 1. The third kappa shape index (κ3) is 8.66. The van der Waals surface area contributed by atoms with Gasteiger partial charge in [0.2, 0.25) is 5.43 Å². The van der Waals surface area contributed by atoms with Gasteiger partial charge in [-0.2, -0.15) is 0 Å². The summed E-state index contributed by atoms with van der Waals surface area (Å²) < 4.78 is 47.9. The van der Waals surface area contributed by atoms with E-state index < -0.39 is 29.0 Å². The molecule has 1 aromatic heterocycles. The van der Waals surface area contributed by atoms with Gasteiger partial charge in [-0.1, -0.05) is 35.2 Å². The number of amides is 1. The fourth-order valence-electron chi connectivity index (χ4n) is 5.33. The molecule has 4 aromatic rings. The molecule has 0 fully saturated rings. The van der Waals surface area contributed by atoms with Crippen molar-refractivity contribution < 1.29 is 27.8 Å². The van der Waals surface area contributed by atoms with Gasteiger partial charge in [-0.3, -0.25) is 9.59 Å². The van der Waals surface area contributed by atoms with Crippen LogP contribution in [0.2, 0.25) is 0 Å². The molecule has 0 bridgehead atoms. The van der Waals surface area contributed by atoms with Crippen molar-refractivity contribution in [1.82, 2.24) is 4.57 Å². The zero-order chi connectivity index (χ0) is 33.2. The average Bonchev–Trinajstić information content (AvgIpc) is 3.00. The first-order chi connectivity index (χ1) is 22.2. The van der Waals surface area contributed by atoms with Gasteiger partial charge < -0.3 is 23.7 Å². The van der Waals surface area contributed by atoms with Crippen LogP contribution >= 0.6 is 15.9 Å². The molecule has 1 amide bonds. The van der Waals surface area contributed by atoms with E-state index in [4.69, 9.17) is 14.2 Å². The molecule has 0 aliphatic carbocycles. The number of halogens is 3. The van der Waals surface area contributed by atoms with E-state index in [-0.39, 0.29) is 16.6 Å². The zero-order valence-electron chi connectivity index (χ0n) is 26.8. The topological polar surface area (TPSA) is 70.0 Å². The van der Waals surface area contributed by atoms with E-state index in [0.717, 1.165) is 49.2 Å². The number of fused-ring (bicyclic) bond motifs is 1. The van der Waals surface area contributed by atoms with E-state index in [1.807, 2.05) is 13.8 Å². The molecule has 0 aliphatic rings. The zero-order valence-corrected chi connectivity index (χ0v) is 28.4. The Kier molecular flexibility index (Phi) is 12.6. The van der Waals surface area contributed by atoms with Gasteiger partial charge in [-0.25, -0.2) is 8.78 Å². The van der Waals surface area contributed by atoms with Gasteiger partial charge in [-0.15, -0.1) is 0 Å². The summed E-state index contributed by atoms with van der Waals surface area (Å²) in [4.78, 5) is 29.3. The van der Waals surface area contributed by atoms with Gasteiger partial charge in [0, 0.05) is 53.3 Å². The molecule has 4 rings (SSSR count).